The van der Waals surface area contributed by atoms with E-state index in [1.807, 2.05) is 12.1 Å². The lowest BCUT2D eigenvalue weighted by atomic mass is 9.59. The summed E-state index contributed by atoms with van der Waals surface area (Å²) in [5, 5.41) is 20.9. The zero-order valence-corrected chi connectivity index (χ0v) is 22.5. The second kappa shape index (κ2) is 9.92. The van der Waals surface area contributed by atoms with Crippen LogP contribution in [0.1, 0.15) is 38.8 Å². The summed E-state index contributed by atoms with van der Waals surface area (Å²) < 4.78 is 16.1. The molecular formula is C30H29N3O6. The molecule has 200 valence electrons. The maximum absolute atomic E-state index is 14.6. The van der Waals surface area contributed by atoms with Crippen LogP contribution in [0.25, 0.3) is 0 Å². The van der Waals surface area contributed by atoms with E-state index < -0.39 is 40.2 Å². The van der Waals surface area contributed by atoms with Crippen LogP contribution < -0.4 is 9.64 Å². The predicted molar refractivity (Wildman–Crippen MR) is 140 cm³/mol. The fourth-order valence-corrected chi connectivity index (χ4v) is 5.41. The predicted octanol–water partition coefficient (Wildman–Crippen LogP) is 3.97. The van der Waals surface area contributed by atoms with E-state index in [0.29, 0.717) is 17.0 Å². The van der Waals surface area contributed by atoms with Gasteiger partial charge in [0.1, 0.15) is 22.7 Å². The van der Waals surface area contributed by atoms with Gasteiger partial charge in [-0.15, -0.1) is 0 Å². The Morgan fingerprint density at radius 2 is 1.69 bits per heavy atom. The molecule has 0 saturated heterocycles. The Hall–Kier alpha value is -4.63. The summed E-state index contributed by atoms with van der Waals surface area (Å²) in [5.74, 6) is -3.39. The van der Waals surface area contributed by atoms with Crippen molar-refractivity contribution in [1.29, 1.82) is 10.5 Å². The smallest absolute Gasteiger partial charge is 0.335 e. The molecule has 39 heavy (non-hydrogen) atoms. The van der Waals surface area contributed by atoms with Gasteiger partial charge < -0.3 is 19.1 Å². The molecule has 2 aromatic carbocycles. The first-order valence-electron chi connectivity index (χ1n) is 12.5. The van der Waals surface area contributed by atoms with Crippen LogP contribution in [-0.4, -0.2) is 37.2 Å². The molecule has 2 atom stereocenters. The molecule has 1 heterocycles. The standard InChI is InChI=1S/C30H29N3O6/c1-6-38-26(35)24-21(25(34)39-28(2,3)4)15-29(17-31,18-32)30(24)22-9-7-8-10-23(22)33(27(30)36)16-19-11-13-20(37-5)14-12-19/h7-15,24H,6,16H2,1-5H3/t24-,30-/m0/s1. The summed E-state index contributed by atoms with van der Waals surface area (Å²) in [6, 6.07) is 17.8. The third kappa shape index (κ3) is 4.21. The fraction of sp³-hybridized carbons (Fsp3) is 0.367. The second-order valence-electron chi connectivity index (χ2n) is 10.4. The van der Waals surface area contributed by atoms with E-state index in [0.717, 1.165) is 11.6 Å². The number of hydrogen-bond donors (Lipinski definition) is 0. The molecule has 1 spiro atoms. The number of fused-ring (bicyclic) bond motifs is 2. The summed E-state index contributed by atoms with van der Waals surface area (Å²) in [4.78, 5) is 43.1. The number of hydrogen-bond acceptors (Lipinski definition) is 8. The maximum Gasteiger partial charge on any atom is 0.335 e. The third-order valence-corrected chi connectivity index (χ3v) is 6.95. The maximum atomic E-state index is 14.6. The Balaban J connectivity index is 1.96. The first-order chi connectivity index (χ1) is 18.5. The number of nitrogens with zero attached hydrogens (tertiary/aromatic N) is 3. The zero-order valence-electron chi connectivity index (χ0n) is 22.5. The van der Waals surface area contributed by atoms with Gasteiger partial charge in [0.25, 0.3) is 0 Å². The molecule has 9 heteroatoms. The lowest BCUT2D eigenvalue weighted by molar-refractivity contribution is -0.157. The fourth-order valence-electron chi connectivity index (χ4n) is 5.41. The van der Waals surface area contributed by atoms with Gasteiger partial charge in [-0.2, -0.15) is 10.5 Å². The topological polar surface area (TPSA) is 130 Å². The van der Waals surface area contributed by atoms with Crippen LogP contribution in [0, 0.1) is 34.0 Å². The van der Waals surface area contributed by atoms with Gasteiger partial charge in [-0.3, -0.25) is 9.59 Å². The van der Waals surface area contributed by atoms with Gasteiger partial charge in [-0.05, 0) is 63.1 Å². The summed E-state index contributed by atoms with van der Waals surface area (Å²) in [7, 11) is 1.55. The van der Waals surface area contributed by atoms with Crippen LogP contribution >= 0.6 is 0 Å². The van der Waals surface area contributed by atoms with Crippen LogP contribution in [0.5, 0.6) is 5.75 Å². The Bertz CT molecular complexity index is 1430. The van der Waals surface area contributed by atoms with E-state index in [-0.39, 0.29) is 18.7 Å². The number of methoxy groups -OCH3 is 1. The molecule has 2 aromatic rings. The van der Waals surface area contributed by atoms with Crippen molar-refractivity contribution in [1.82, 2.24) is 0 Å². The van der Waals surface area contributed by atoms with E-state index in [4.69, 9.17) is 14.2 Å². The number of carbonyl (C=O) groups excluding carboxylic acids is 3. The van der Waals surface area contributed by atoms with Crippen molar-refractivity contribution in [3.8, 4) is 17.9 Å². The number of nitriles is 2. The lowest BCUT2D eigenvalue weighted by Crippen LogP contribution is -2.55. The quantitative estimate of drug-likeness (QED) is 0.516. The van der Waals surface area contributed by atoms with Crippen molar-refractivity contribution < 1.29 is 28.6 Å². The van der Waals surface area contributed by atoms with Crippen molar-refractivity contribution in [2.45, 2.75) is 45.3 Å². The minimum Gasteiger partial charge on any atom is -0.497 e. The summed E-state index contributed by atoms with van der Waals surface area (Å²) in [5.41, 5.74) is -3.98. The Kier molecular flexibility index (Phi) is 6.97. The normalized spacial score (nSPS) is 21.0. The minimum atomic E-state index is -2.20. The van der Waals surface area contributed by atoms with E-state index in [2.05, 4.69) is 0 Å². The largest absolute Gasteiger partial charge is 0.497 e. The second-order valence-corrected chi connectivity index (χ2v) is 10.4. The summed E-state index contributed by atoms with van der Waals surface area (Å²) >= 11 is 0. The van der Waals surface area contributed by atoms with Crippen LogP contribution in [-0.2, 0) is 35.8 Å². The lowest BCUT2D eigenvalue weighted by Gasteiger charge is -2.36. The number of benzene rings is 2. The van der Waals surface area contributed by atoms with E-state index in [9.17, 15) is 24.9 Å². The Morgan fingerprint density at radius 3 is 2.26 bits per heavy atom. The van der Waals surface area contributed by atoms with Gasteiger partial charge in [-0.1, -0.05) is 30.3 Å². The molecule has 1 aliphatic carbocycles. The number of ether oxygens (including phenoxy) is 3. The minimum absolute atomic E-state index is 0.0372. The molecule has 1 aliphatic heterocycles. The summed E-state index contributed by atoms with van der Waals surface area (Å²) in [6.07, 6.45) is 1.12. The van der Waals surface area contributed by atoms with Gasteiger partial charge >= 0.3 is 11.9 Å². The first-order valence-corrected chi connectivity index (χ1v) is 12.5. The molecule has 0 saturated carbocycles. The average Bonchev–Trinajstić information content (AvgIpc) is 3.35. The third-order valence-electron chi connectivity index (χ3n) is 6.95. The van der Waals surface area contributed by atoms with Crippen molar-refractivity contribution in [2.24, 2.45) is 11.3 Å². The average molecular weight is 528 g/mol. The molecule has 9 nitrogen and oxygen atoms in total. The van der Waals surface area contributed by atoms with Crippen LogP contribution in [0.15, 0.2) is 60.2 Å². The molecule has 1 amide bonds. The van der Waals surface area contributed by atoms with Crippen molar-refractivity contribution in [2.75, 3.05) is 18.6 Å². The highest BCUT2D eigenvalue weighted by molar-refractivity contribution is 6.15. The monoisotopic (exact) mass is 527 g/mol. The van der Waals surface area contributed by atoms with Crippen molar-refractivity contribution in [3.63, 3.8) is 0 Å². The molecule has 0 radical (unpaired) electrons. The molecule has 0 bridgehead atoms. The first kappa shape index (κ1) is 27.4. The number of carbonyl (C=O) groups is 3. The Morgan fingerprint density at radius 1 is 1.05 bits per heavy atom. The van der Waals surface area contributed by atoms with Crippen LogP contribution in [0.4, 0.5) is 5.69 Å². The van der Waals surface area contributed by atoms with Gasteiger partial charge in [0.2, 0.25) is 5.91 Å². The number of anilines is 1. The van der Waals surface area contributed by atoms with Crippen molar-refractivity contribution in [3.05, 3.63) is 71.3 Å². The molecule has 0 N–H and O–H groups in total. The number of amides is 1. The molecule has 0 unspecified atom stereocenters. The molecule has 4 rings (SSSR count). The van der Waals surface area contributed by atoms with Gasteiger partial charge in [0.05, 0.1) is 38.0 Å². The van der Waals surface area contributed by atoms with E-state index in [1.54, 1.807) is 83.3 Å². The molecular weight excluding hydrogens is 498 g/mol. The van der Waals surface area contributed by atoms with Gasteiger partial charge in [0, 0.05) is 5.69 Å². The van der Waals surface area contributed by atoms with E-state index >= 15 is 0 Å². The van der Waals surface area contributed by atoms with E-state index in [1.165, 1.54) is 4.90 Å². The highest BCUT2D eigenvalue weighted by atomic mass is 16.6. The number of allylic oxidation sites excluding steroid dienone is 1. The Labute approximate surface area is 227 Å². The number of esters is 2. The SMILES string of the molecule is CCOC(=O)[C@@H]1C(C(=O)OC(C)(C)C)=CC(C#N)(C#N)[C@]12C(=O)N(Cc1ccc(OC)cc1)c1ccccc12. The highest BCUT2D eigenvalue weighted by Crippen LogP contribution is 2.62. The number of rotatable bonds is 6. The molecule has 2 aliphatic rings. The van der Waals surface area contributed by atoms with Gasteiger partial charge in [0.15, 0.2) is 5.41 Å². The number of para-hydroxylation sites is 1. The van der Waals surface area contributed by atoms with Crippen LogP contribution in [0.3, 0.4) is 0 Å². The van der Waals surface area contributed by atoms with Crippen molar-refractivity contribution >= 4 is 23.5 Å². The molecule has 0 fully saturated rings. The van der Waals surface area contributed by atoms with Crippen LogP contribution in [0.2, 0.25) is 0 Å². The van der Waals surface area contributed by atoms with Gasteiger partial charge in [-0.25, -0.2) is 4.79 Å². The zero-order chi connectivity index (χ0) is 28.6. The molecule has 0 aromatic heterocycles. The summed E-state index contributed by atoms with van der Waals surface area (Å²) in [6.45, 7) is 6.62. The highest BCUT2D eigenvalue weighted by Gasteiger charge is 2.74.